The number of benzene rings is 2. The highest BCUT2D eigenvalue weighted by Crippen LogP contribution is 2.27. The molecule has 26 heavy (non-hydrogen) atoms. The fourth-order valence-corrected chi connectivity index (χ4v) is 2.81. The first-order valence-corrected chi connectivity index (χ1v) is 8.62. The van der Waals surface area contributed by atoms with Gasteiger partial charge in [0.2, 0.25) is 0 Å². The minimum atomic E-state index is 0.821. The average molecular weight is 350 g/mol. The number of nitrogens with zero attached hydrogens (tertiary/aromatic N) is 6. The lowest BCUT2D eigenvalue weighted by Gasteiger charge is -2.30. The largest absolute Gasteiger partial charge is 0.378 e. The van der Waals surface area contributed by atoms with Crippen LogP contribution in [0.3, 0.4) is 0 Å². The summed E-state index contributed by atoms with van der Waals surface area (Å²) in [5.74, 6) is 1.64. The standard InChI is InChI=1S/C20H26N6/c1-15-21-26(20-12-8-10-18(14-20)24(5)6)16(2)22-25(15)19-11-7-9-17(13-19)23(3)4/h7-14H,1-6H3. The Balaban J connectivity index is 1.93. The predicted molar refractivity (Wildman–Crippen MR) is 113 cm³/mol. The molecule has 0 spiro atoms. The zero-order valence-electron chi connectivity index (χ0n) is 16.3. The van der Waals surface area contributed by atoms with Gasteiger partial charge in [0.15, 0.2) is 0 Å². The number of hydrogen-bond acceptors (Lipinski definition) is 6. The van der Waals surface area contributed by atoms with Crippen LogP contribution in [0.15, 0.2) is 58.7 Å². The maximum Gasteiger partial charge on any atom is 0.148 e. The van der Waals surface area contributed by atoms with Gasteiger partial charge in [-0.1, -0.05) is 12.1 Å². The summed E-state index contributed by atoms with van der Waals surface area (Å²) in [4.78, 5) is 4.16. The SMILES string of the molecule is CC1=NN(c2cccc(N(C)C)c2)C(C)=NN1c1cccc(N(C)C)c1. The van der Waals surface area contributed by atoms with Gasteiger partial charge in [-0.3, -0.25) is 0 Å². The Morgan fingerprint density at radius 2 is 1.04 bits per heavy atom. The van der Waals surface area contributed by atoms with E-state index in [2.05, 4.69) is 34.1 Å². The Morgan fingerprint density at radius 3 is 1.38 bits per heavy atom. The van der Waals surface area contributed by atoms with E-state index in [1.54, 1.807) is 0 Å². The Bertz CT molecular complexity index is 781. The molecule has 0 aromatic heterocycles. The van der Waals surface area contributed by atoms with E-state index in [0.717, 1.165) is 34.4 Å². The minimum Gasteiger partial charge on any atom is -0.378 e. The van der Waals surface area contributed by atoms with Gasteiger partial charge in [0, 0.05) is 39.6 Å². The van der Waals surface area contributed by atoms with Crippen molar-refractivity contribution < 1.29 is 0 Å². The van der Waals surface area contributed by atoms with Crippen molar-refractivity contribution in [1.82, 2.24) is 0 Å². The van der Waals surface area contributed by atoms with Crippen molar-refractivity contribution >= 4 is 34.4 Å². The zero-order chi connectivity index (χ0) is 18.8. The molecule has 2 aromatic rings. The van der Waals surface area contributed by atoms with Gasteiger partial charge in [0.1, 0.15) is 11.7 Å². The van der Waals surface area contributed by atoms with Crippen molar-refractivity contribution in [2.24, 2.45) is 10.2 Å². The molecular weight excluding hydrogens is 324 g/mol. The molecule has 3 rings (SSSR count). The van der Waals surface area contributed by atoms with Crippen molar-refractivity contribution in [3.63, 3.8) is 0 Å². The second-order valence-corrected chi connectivity index (χ2v) is 6.75. The van der Waals surface area contributed by atoms with Crippen LogP contribution in [0.5, 0.6) is 0 Å². The van der Waals surface area contributed by atoms with Gasteiger partial charge in [0.25, 0.3) is 0 Å². The third-order valence-corrected chi connectivity index (χ3v) is 4.28. The summed E-state index contributed by atoms with van der Waals surface area (Å²) in [6, 6.07) is 16.5. The van der Waals surface area contributed by atoms with Crippen LogP contribution in [0.25, 0.3) is 0 Å². The summed E-state index contributed by atoms with van der Waals surface area (Å²) >= 11 is 0. The molecule has 0 N–H and O–H groups in total. The van der Waals surface area contributed by atoms with Crippen molar-refractivity contribution in [2.75, 3.05) is 48.0 Å². The Morgan fingerprint density at radius 1 is 0.654 bits per heavy atom. The van der Waals surface area contributed by atoms with E-state index in [4.69, 9.17) is 10.2 Å². The lowest BCUT2D eigenvalue weighted by atomic mass is 10.2. The van der Waals surface area contributed by atoms with Crippen molar-refractivity contribution in [3.05, 3.63) is 48.5 Å². The van der Waals surface area contributed by atoms with Crippen molar-refractivity contribution in [2.45, 2.75) is 13.8 Å². The lowest BCUT2D eigenvalue weighted by Crippen LogP contribution is -2.37. The molecule has 0 saturated heterocycles. The van der Waals surface area contributed by atoms with Gasteiger partial charge in [-0.25, -0.2) is 10.0 Å². The molecule has 1 heterocycles. The predicted octanol–water partition coefficient (Wildman–Crippen LogP) is 3.81. The third-order valence-electron chi connectivity index (χ3n) is 4.28. The molecule has 0 aliphatic carbocycles. The Hall–Kier alpha value is -3.02. The maximum atomic E-state index is 4.78. The van der Waals surface area contributed by atoms with Crippen LogP contribution in [0.4, 0.5) is 22.7 Å². The molecule has 1 aliphatic rings. The fourth-order valence-electron chi connectivity index (χ4n) is 2.81. The van der Waals surface area contributed by atoms with Crippen LogP contribution >= 0.6 is 0 Å². The lowest BCUT2D eigenvalue weighted by molar-refractivity contribution is 0.980. The highest BCUT2D eigenvalue weighted by atomic mass is 15.6. The van der Waals surface area contributed by atoms with E-state index in [0.29, 0.717) is 0 Å². The molecule has 2 aromatic carbocycles. The number of rotatable bonds is 4. The molecule has 0 unspecified atom stereocenters. The van der Waals surface area contributed by atoms with Gasteiger partial charge < -0.3 is 9.80 Å². The molecule has 0 bridgehead atoms. The second kappa shape index (κ2) is 7.07. The van der Waals surface area contributed by atoms with Crippen LogP contribution in [0.2, 0.25) is 0 Å². The van der Waals surface area contributed by atoms with E-state index in [9.17, 15) is 0 Å². The summed E-state index contributed by atoms with van der Waals surface area (Å²) in [7, 11) is 8.13. The van der Waals surface area contributed by atoms with Crippen molar-refractivity contribution in [1.29, 1.82) is 0 Å². The van der Waals surface area contributed by atoms with Crippen LogP contribution < -0.4 is 19.8 Å². The first-order valence-electron chi connectivity index (χ1n) is 8.62. The summed E-state index contributed by atoms with van der Waals surface area (Å²) < 4.78 is 0. The summed E-state index contributed by atoms with van der Waals surface area (Å²) in [6.45, 7) is 3.95. The fraction of sp³-hybridized carbons (Fsp3) is 0.300. The molecule has 0 radical (unpaired) electrons. The maximum absolute atomic E-state index is 4.78. The Labute approximate surface area is 155 Å². The normalized spacial score (nSPS) is 14.1. The van der Waals surface area contributed by atoms with Crippen LogP contribution in [0.1, 0.15) is 13.8 Å². The molecule has 136 valence electrons. The topological polar surface area (TPSA) is 37.7 Å². The van der Waals surface area contributed by atoms with Crippen LogP contribution in [0, 0.1) is 0 Å². The first-order chi connectivity index (χ1) is 12.4. The second-order valence-electron chi connectivity index (χ2n) is 6.75. The number of amidine groups is 2. The molecule has 6 heteroatoms. The Kier molecular flexibility index (Phi) is 4.84. The van der Waals surface area contributed by atoms with Crippen LogP contribution in [-0.2, 0) is 0 Å². The molecule has 1 aliphatic heterocycles. The monoisotopic (exact) mass is 350 g/mol. The zero-order valence-corrected chi connectivity index (χ0v) is 16.3. The van der Waals surface area contributed by atoms with E-state index in [1.807, 2.05) is 76.3 Å². The summed E-state index contributed by atoms with van der Waals surface area (Å²) in [5.41, 5.74) is 4.26. The van der Waals surface area contributed by atoms with Gasteiger partial charge in [0.05, 0.1) is 11.4 Å². The van der Waals surface area contributed by atoms with Gasteiger partial charge >= 0.3 is 0 Å². The number of hydrazone groups is 2. The summed E-state index contributed by atoms with van der Waals surface area (Å²) in [5, 5.41) is 13.3. The highest BCUT2D eigenvalue weighted by molar-refractivity contribution is 6.07. The third kappa shape index (κ3) is 3.49. The van der Waals surface area contributed by atoms with Gasteiger partial charge in [-0.05, 0) is 50.2 Å². The minimum absolute atomic E-state index is 0.821. The molecular formula is C20H26N6. The van der Waals surface area contributed by atoms with E-state index < -0.39 is 0 Å². The molecule has 0 saturated carbocycles. The first kappa shape index (κ1) is 17.8. The molecule has 0 atom stereocenters. The molecule has 0 fully saturated rings. The molecule has 0 amide bonds. The number of hydrogen-bond donors (Lipinski definition) is 0. The smallest absolute Gasteiger partial charge is 0.148 e. The molecule has 6 nitrogen and oxygen atoms in total. The van der Waals surface area contributed by atoms with E-state index in [-0.39, 0.29) is 0 Å². The average Bonchev–Trinajstić information content (AvgIpc) is 2.63. The summed E-state index contributed by atoms with van der Waals surface area (Å²) in [6.07, 6.45) is 0. The van der Waals surface area contributed by atoms with E-state index in [1.165, 1.54) is 0 Å². The highest BCUT2D eigenvalue weighted by Gasteiger charge is 2.21. The van der Waals surface area contributed by atoms with Crippen LogP contribution in [-0.4, -0.2) is 39.9 Å². The number of anilines is 4. The quantitative estimate of drug-likeness (QED) is 0.840. The van der Waals surface area contributed by atoms with Crippen molar-refractivity contribution in [3.8, 4) is 0 Å². The van der Waals surface area contributed by atoms with E-state index >= 15 is 0 Å². The van der Waals surface area contributed by atoms with Gasteiger partial charge in [-0.15, -0.1) is 0 Å². The van der Waals surface area contributed by atoms with Gasteiger partial charge in [-0.2, -0.15) is 10.2 Å².